The van der Waals surface area contributed by atoms with Gasteiger partial charge in [0.15, 0.2) is 17.5 Å². The monoisotopic (exact) mass is 625 g/mol. The molecule has 0 spiro atoms. The molecule has 7 aromatic rings. The van der Waals surface area contributed by atoms with Crippen LogP contribution in [0, 0.1) is 11.3 Å². The molecule has 0 N–H and O–H groups in total. The second-order valence-electron chi connectivity index (χ2n) is 13.1. The zero-order valence-electron chi connectivity index (χ0n) is 27.2. The van der Waals surface area contributed by atoms with Crippen molar-refractivity contribution in [1.29, 1.82) is 5.26 Å². The fraction of sp³-hybridized carbons (Fsp3) is 0.150. The minimum absolute atomic E-state index is 0.445. The molecule has 0 aliphatic carbocycles. The number of fused-ring (bicyclic) bond motifs is 3. The van der Waals surface area contributed by atoms with Crippen LogP contribution < -0.4 is 5.46 Å². The minimum Gasteiger partial charge on any atom is -0.399 e. The van der Waals surface area contributed by atoms with Gasteiger partial charge in [0.05, 0.1) is 39.6 Å². The van der Waals surface area contributed by atoms with Crippen LogP contribution in [0.4, 0.5) is 0 Å². The van der Waals surface area contributed by atoms with E-state index in [0.29, 0.717) is 23.0 Å². The van der Waals surface area contributed by atoms with E-state index in [4.69, 9.17) is 24.3 Å². The van der Waals surface area contributed by atoms with Gasteiger partial charge in [0, 0.05) is 27.5 Å². The van der Waals surface area contributed by atoms with Crippen LogP contribution in [-0.2, 0) is 9.31 Å². The second-order valence-corrected chi connectivity index (χ2v) is 13.1. The van der Waals surface area contributed by atoms with Crippen molar-refractivity contribution in [2.75, 3.05) is 0 Å². The van der Waals surface area contributed by atoms with Crippen LogP contribution in [0.25, 0.3) is 61.7 Å². The van der Waals surface area contributed by atoms with Crippen molar-refractivity contribution in [2.24, 2.45) is 0 Å². The first-order valence-electron chi connectivity index (χ1n) is 16.0. The summed E-state index contributed by atoms with van der Waals surface area (Å²) in [6, 6.07) is 42.5. The molecule has 1 saturated heterocycles. The molecule has 1 fully saturated rings. The molecule has 7 nitrogen and oxygen atoms in total. The molecule has 1 aliphatic rings. The summed E-state index contributed by atoms with van der Waals surface area (Å²) in [4.78, 5) is 14.9. The smallest absolute Gasteiger partial charge is 0.399 e. The molecular formula is C40H32BN5O2. The highest BCUT2D eigenvalue weighted by Gasteiger charge is 2.51. The first-order chi connectivity index (χ1) is 23.2. The third kappa shape index (κ3) is 4.96. The minimum atomic E-state index is -0.481. The molecule has 0 saturated carbocycles. The normalized spacial score (nSPS) is 15.2. The van der Waals surface area contributed by atoms with Crippen LogP contribution in [0.2, 0.25) is 0 Å². The van der Waals surface area contributed by atoms with E-state index in [1.54, 1.807) is 0 Å². The molecule has 5 aromatic carbocycles. The van der Waals surface area contributed by atoms with Gasteiger partial charge in [0.2, 0.25) is 0 Å². The van der Waals surface area contributed by atoms with E-state index in [-0.39, 0.29) is 0 Å². The summed E-state index contributed by atoms with van der Waals surface area (Å²) in [5, 5.41) is 12.2. The molecule has 1 aliphatic heterocycles. The fourth-order valence-electron chi connectivity index (χ4n) is 6.28. The zero-order chi connectivity index (χ0) is 33.0. The van der Waals surface area contributed by atoms with E-state index in [0.717, 1.165) is 49.6 Å². The number of benzene rings is 5. The SMILES string of the molecule is CC1(C)OB(c2ccc3c(c2)c2ccccc2n3-c2ccc(C#N)cc2-c2nc(-c3ccccc3)nc(-c3ccccc3)n2)OC1(C)C. The molecule has 0 bridgehead atoms. The number of aromatic nitrogens is 4. The predicted molar refractivity (Wildman–Crippen MR) is 191 cm³/mol. The van der Waals surface area contributed by atoms with E-state index in [1.807, 2.05) is 84.9 Å². The average Bonchev–Trinajstić information content (AvgIpc) is 3.56. The Labute approximate surface area is 279 Å². The lowest BCUT2D eigenvalue weighted by Crippen LogP contribution is -2.41. The Hall–Kier alpha value is -5.62. The summed E-state index contributed by atoms with van der Waals surface area (Å²) in [5.74, 6) is 1.60. The van der Waals surface area contributed by atoms with E-state index in [9.17, 15) is 5.26 Å². The van der Waals surface area contributed by atoms with Gasteiger partial charge in [-0.2, -0.15) is 5.26 Å². The van der Waals surface area contributed by atoms with Gasteiger partial charge in [-0.1, -0.05) is 91.0 Å². The second kappa shape index (κ2) is 11.3. The summed E-state index contributed by atoms with van der Waals surface area (Å²) in [5.41, 5.74) is 5.94. The Morgan fingerprint density at radius 1 is 0.604 bits per heavy atom. The molecule has 0 amide bonds. The first-order valence-corrected chi connectivity index (χ1v) is 16.0. The molecule has 0 atom stereocenters. The number of hydrogen-bond donors (Lipinski definition) is 0. The van der Waals surface area contributed by atoms with Gasteiger partial charge in [-0.05, 0) is 63.5 Å². The largest absolute Gasteiger partial charge is 0.494 e. The number of nitriles is 1. The van der Waals surface area contributed by atoms with Crippen molar-refractivity contribution in [1.82, 2.24) is 19.5 Å². The van der Waals surface area contributed by atoms with Gasteiger partial charge >= 0.3 is 7.12 Å². The number of para-hydroxylation sites is 1. The Morgan fingerprint density at radius 2 is 1.17 bits per heavy atom. The third-order valence-electron chi connectivity index (χ3n) is 9.53. The van der Waals surface area contributed by atoms with E-state index >= 15 is 0 Å². The molecule has 0 unspecified atom stereocenters. The Bertz CT molecular complexity index is 2310. The molecule has 0 radical (unpaired) electrons. The Kier molecular flexibility index (Phi) is 6.99. The molecule has 232 valence electrons. The Balaban J connectivity index is 1.36. The van der Waals surface area contributed by atoms with Gasteiger partial charge in [-0.3, -0.25) is 0 Å². The summed E-state index contributed by atoms with van der Waals surface area (Å²) < 4.78 is 15.1. The molecule has 8 heteroatoms. The summed E-state index contributed by atoms with van der Waals surface area (Å²) in [6.07, 6.45) is 0. The topological polar surface area (TPSA) is 85.9 Å². The number of hydrogen-bond acceptors (Lipinski definition) is 6. The fourth-order valence-corrected chi connectivity index (χ4v) is 6.28. The summed E-state index contributed by atoms with van der Waals surface area (Å²) in [7, 11) is -0.481. The van der Waals surface area contributed by atoms with E-state index in [2.05, 4.69) is 74.7 Å². The highest BCUT2D eigenvalue weighted by atomic mass is 16.7. The van der Waals surface area contributed by atoms with Gasteiger partial charge in [-0.15, -0.1) is 0 Å². The van der Waals surface area contributed by atoms with Crippen molar-refractivity contribution in [2.45, 2.75) is 38.9 Å². The van der Waals surface area contributed by atoms with Crippen LogP contribution >= 0.6 is 0 Å². The van der Waals surface area contributed by atoms with Gasteiger partial charge in [0.25, 0.3) is 0 Å². The summed E-state index contributed by atoms with van der Waals surface area (Å²) in [6.45, 7) is 8.27. The van der Waals surface area contributed by atoms with Crippen molar-refractivity contribution in [3.05, 3.63) is 127 Å². The maximum atomic E-state index is 10.0. The van der Waals surface area contributed by atoms with Crippen LogP contribution in [0.15, 0.2) is 121 Å². The van der Waals surface area contributed by atoms with Crippen LogP contribution in [-0.4, -0.2) is 37.8 Å². The van der Waals surface area contributed by atoms with Gasteiger partial charge in [-0.25, -0.2) is 15.0 Å². The average molecular weight is 626 g/mol. The van der Waals surface area contributed by atoms with Crippen molar-refractivity contribution in [3.63, 3.8) is 0 Å². The van der Waals surface area contributed by atoms with Crippen LogP contribution in [0.5, 0.6) is 0 Å². The lowest BCUT2D eigenvalue weighted by Gasteiger charge is -2.32. The molecule has 2 aromatic heterocycles. The van der Waals surface area contributed by atoms with Crippen molar-refractivity contribution >= 4 is 34.4 Å². The van der Waals surface area contributed by atoms with Crippen LogP contribution in [0.3, 0.4) is 0 Å². The quantitative estimate of drug-likeness (QED) is 0.180. The van der Waals surface area contributed by atoms with Crippen molar-refractivity contribution < 1.29 is 9.31 Å². The lowest BCUT2D eigenvalue weighted by molar-refractivity contribution is 0.00578. The standard InChI is InChI=1S/C40H32BN5O2/c1-39(2)40(3,4)48-41(47-39)29-20-22-34-31(24-29)30-17-11-12-18-33(30)46(34)35-21-19-26(25-42)23-32(35)38-44-36(27-13-7-5-8-14-27)43-37(45-38)28-15-9-6-10-16-28/h5-24H,1-4H3. The summed E-state index contributed by atoms with van der Waals surface area (Å²) >= 11 is 0. The Morgan fingerprint density at radius 3 is 1.79 bits per heavy atom. The lowest BCUT2D eigenvalue weighted by atomic mass is 9.78. The maximum Gasteiger partial charge on any atom is 0.494 e. The van der Waals surface area contributed by atoms with Crippen molar-refractivity contribution in [3.8, 4) is 45.9 Å². The van der Waals surface area contributed by atoms with E-state index < -0.39 is 18.3 Å². The van der Waals surface area contributed by atoms with Gasteiger partial charge in [0.1, 0.15) is 0 Å². The van der Waals surface area contributed by atoms with Gasteiger partial charge < -0.3 is 13.9 Å². The zero-order valence-corrected chi connectivity index (χ0v) is 27.2. The van der Waals surface area contributed by atoms with Crippen LogP contribution in [0.1, 0.15) is 33.3 Å². The highest BCUT2D eigenvalue weighted by Crippen LogP contribution is 2.39. The molecule has 48 heavy (non-hydrogen) atoms. The molecule has 3 heterocycles. The number of rotatable bonds is 5. The maximum absolute atomic E-state index is 10.0. The third-order valence-corrected chi connectivity index (χ3v) is 9.53. The van der Waals surface area contributed by atoms with E-state index in [1.165, 1.54) is 0 Å². The molecular weight excluding hydrogens is 593 g/mol. The molecule has 8 rings (SSSR count). The first kappa shape index (κ1) is 29.8. The number of nitrogens with zero attached hydrogens (tertiary/aromatic N) is 5. The predicted octanol–water partition coefficient (Wildman–Crippen LogP) is 8.14. The highest BCUT2D eigenvalue weighted by molar-refractivity contribution is 6.62.